The van der Waals surface area contributed by atoms with Crippen LogP contribution in [0.1, 0.15) is 5.76 Å². The summed E-state index contributed by atoms with van der Waals surface area (Å²) in [6.07, 6.45) is 5.81. The van der Waals surface area contributed by atoms with Gasteiger partial charge in [0.2, 0.25) is 0 Å². The Bertz CT molecular complexity index is 636. The van der Waals surface area contributed by atoms with Crippen molar-refractivity contribution in [2.45, 2.75) is 6.42 Å². The Hall–Kier alpha value is -2.43. The van der Waals surface area contributed by atoms with Crippen molar-refractivity contribution in [3.8, 4) is 0 Å². The van der Waals surface area contributed by atoms with Crippen molar-refractivity contribution < 1.29 is 4.42 Å². The number of nitrogens with one attached hydrogen (secondary N) is 1. The van der Waals surface area contributed by atoms with Gasteiger partial charge < -0.3 is 9.73 Å². The van der Waals surface area contributed by atoms with Crippen LogP contribution in [0.25, 0.3) is 11.2 Å². The lowest BCUT2D eigenvalue weighted by molar-refractivity contribution is 0.513. The molecule has 0 aliphatic carbocycles. The van der Waals surface area contributed by atoms with Gasteiger partial charge in [-0.3, -0.25) is 4.98 Å². The Morgan fingerprint density at radius 2 is 2.06 bits per heavy atom. The van der Waals surface area contributed by atoms with E-state index in [1.54, 1.807) is 18.7 Å². The second-order valence-corrected chi connectivity index (χ2v) is 3.85. The summed E-state index contributed by atoms with van der Waals surface area (Å²) in [5, 5.41) is 3.24. The van der Waals surface area contributed by atoms with Crippen molar-refractivity contribution in [2.24, 2.45) is 0 Å². The molecule has 5 heteroatoms. The fourth-order valence-corrected chi connectivity index (χ4v) is 1.72. The van der Waals surface area contributed by atoms with E-state index in [0.29, 0.717) is 5.65 Å². The first kappa shape index (κ1) is 10.7. The molecule has 3 heterocycles. The van der Waals surface area contributed by atoms with Gasteiger partial charge in [-0.1, -0.05) is 0 Å². The Labute approximate surface area is 104 Å². The lowest BCUT2D eigenvalue weighted by atomic mass is 10.3. The Morgan fingerprint density at radius 1 is 1.11 bits per heavy atom. The van der Waals surface area contributed by atoms with Gasteiger partial charge in [-0.2, -0.15) is 0 Å². The molecule has 0 aliphatic rings. The van der Waals surface area contributed by atoms with Crippen LogP contribution >= 0.6 is 0 Å². The number of hydrogen-bond donors (Lipinski definition) is 1. The van der Waals surface area contributed by atoms with E-state index in [9.17, 15) is 0 Å². The predicted octanol–water partition coefficient (Wildman–Crippen LogP) is 2.27. The van der Waals surface area contributed by atoms with Crippen LogP contribution in [-0.2, 0) is 6.42 Å². The smallest absolute Gasteiger partial charge is 0.180 e. The van der Waals surface area contributed by atoms with Gasteiger partial charge in [-0.05, 0) is 24.3 Å². The highest BCUT2D eigenvalue weighted by Crippen LogP contribution is 2.10. The van der Waals surface area contributed by atoms with Crippen LogP contribution in [0, 0.1) is 0 Å². The van der Waals surface area contributed by atoms with Crippen LogP contribution in [0.4, 0.5) is 5.82 Å². The molecule has 0 fully saturated rings. The minimum Gasteiger partial charge on any atom is -0.469 e. The van der Waals surface area contributed by atoms with Crippen molar-refractivity contribution in [1.82, 2.24) is 15.0 Å². The van der Waals surface area contributed by atoms with Crippen molar-refractivity contribution in [2.75, 3.05) is 11.9 Å². The van der Waals surface area contributed by atoms with E-state index in [1.165, 1.54) is 0 Å². The Morgan fingerprint density at radius 3 is 2.94 bits per heavy atom. The molecule has 0 aromatic carbocycles. The average molecular weight is 240 g/mol. The third-order valence-corrected chi connectivity index (χ3v) is 2.59. The van der Waals surface area contributed by atoms with Crippen molar-refractivity contribution in [3.05, 3.63) is 48.7 Å². The molecule has 90 valence electrons. The van der Waals surface area contributed by atoms with Gasteiger partial charge in [0.25, 0.3) is 0 Å². The fraction of sp³-hybridized carbons (Fsp3) is 0.154. The third kappa shape index (κ3) is 2.29. The maximum absolute atomic E-state index is 5.26. The van der Waals surface area contributed by atoms with Gasteiger partial charge in [0, 0.05) is 25.4 Å². The largest absolute Gasteiger partial charge is 0.469 e. The quantitative estimate of drug-likeness (QED) is 0.757. The number of nitrogens with zero attached hydrogens (tertiary/aromatic N) is 3. The lowest BCUT2D eigenvalue weighted by Crippen LogP contribution is -2.06. The topological polar surface area (TPSA) is 63.8 Å². The van der Waals surface area contributed by atoms with E-state index in [0.717, 1.165) is 30.1 Å². The first-order chi connectivity index (χ1) is 8.92. The number of rotatable bonds is 4. The zero-order valence-electron chi connectivity index (χ0n) is 9.71. The van der Waals surface area contributed by atoms with Gasteiger partial charge in [-0.25, -0.2) is 9.97 Å². The zero-order chi connectivity index (χ0) is 12.2. The number of fused-ring (bicyclic) bond motifs is 1. The van der Waals surface area contributed by atoms with Crippen LogP contribution in [0.3, 0.4) is 0 Å². The summed E-state index contributed by atoms with van der Waals surface area (Å²) in [5.74, 6) is 1.76. The second kappa shape index (κ2) is 4.83. The van der Waals surface area contributed by atoms with Gasteiger partial charge in [0.1, 0.15) is 17.1 Å². The maximum Gasteiger partial charge on any atom is 0.180 e. The maximum atomic E-state index is 5.26. The number of hydrogen-bond acceptors (Lipinski definition) is 5. The summed E-state index contributed by atoms with van der Waals surface area (Å²) >= 11 is 0. The number of aromatic nitrogens is 3. The summed E-state index contributed by atoms with van der Waals surface area (Å²) in [6.45, 7) is 0.770. The summed E-state index contributed by atoms with van der Waals surface area (Å²) in [6, 6.07) is 7.66. The van der Waals surface area contributed by atoms with Gasteiger partial charge in [0.05, 0.1) is 6.26 Å². The molecule has 0 atom stereocenters. The molecule has 5 nitrogen and oxygen atoms in total. The van der Waals surface area contributed by atoms with E-state index < -0.39 is 0 Å². The highest BCUT2D eigenvalue weighted by Gasteiger charge is 2.00. The molecule has 0 aliphatic heterocycles. The molecule has 3 aromatic rings. The minimum absolute atomic E-state index is 0.653. The molecule has 18 heavy (non-hydrogen) atoms. The van der Waals surface area contributed by atoms with E-state index in [-0.39, 0.29) is 0 Å². The van der Waals surface area contributed by atoms with Crippen LogP contribution < -0.4 is 5.32 Å². The first-order valence-electron chi connectivity index (χ1n) is 5.76. The van der Waals surface area contributed by atoms with E-state index in [4.69, 9.17) is 4.42 Å². The summed E-state index contributed by atoms with van der Waals surface area (Å²) in [4.78, 5) is 12.7. The molecule has 0 amide bonds. The van der Waals surface area contributed by atoms with Crippen LogP contribution in [0.15, 0.2) is 47.3 Å². The highest BCUT2D eigenvalue weighted by molar-refractivity contribution is 5.71. The van der Waals surface area contributed by atoms with Crippen molar-refractivity contribution >= 4 is 17.0 Å². The Kier molecular flexibility index (Phi) is 2.87. The predicted molar refractivity (Wildman–Crippen MR) is 68.2 cm³/mol. The lowest BCUT2D eigenvalue weighted by Gasteiger charge is -2.04. The SMILES string of the molecule is c1coc(CCNc2ccc3nccnc3n2)c1. The fourth-order valence-electron chi connectivity index (χ4n) is 1.72. The molecule has 0 unspecified atom stereocenters. The number of anilines is 1. The van der Waals surface area contributed by atoms with Crippen molar-refractivity contribution in [3.63, 3.8) is 0 Å². The molecule has 3 aromatic heterocycles. The molecule has 0 bridgehead atoms. The summed E-state index contributed by atoms with van der Waals surface area (Å²) in [5.41, 5.74) is 1.45. The van der Waals surface area contributed by atoms with Gasteiger partial charge in [-0.15, -0.1) is 0 Å². The zero-order valence-corrected chi connectivity index (χ0v) is 9.71. The third-order valence-electron chi connectivity index (χ3n) is 2.59. The second-order valence-electron chi connectivity index (χ2n) is 3.85. The van der Waals surface area contributed by atoms with Crippen LogP contribution in [0.2, 0.25) is 0 Å². The molecular weight excluding hydrogens is 228 g/mol. The number of pyridine rings is 1. The molecular formula is C13H12N4O. The highest BCUT2D eigenvalue weighted by atomic mass is 16.3. The summed E-state index contributed by atoms with van der Waals surface area (Å²) < 4.78 is 5.26. The van der Waals surface area contributed by atoms with E-state index in [1.807, 2.05) is 24.3 Å². The molecule has 0 saturated heterocycles. The minimum atomic E-state index is 0.653. The molecule has 0 radical (unpaired) electrons. The summed E-state index contributed by atoms with van der Waals surface area (Å²) in [7, 11) is 0. The first-order valence-corrected chi connectivity index (χ1v) is 5.76. The van der Waals surface area contributed by atoms with Gasteiger partial charge >= 0.3 is 0 Å². The molecule has 1 N–H and O–H groups in total. The van der Waals surface area contributed by atoms with E-state index >= 15 is 0 Å². The molecule has 3 rings (SSSR count). The van der Waals surface area contributed by atoms with Crippen LogP contribution in [-0.4, -0.2) is 21.5 Å². The van der Waals surface area contributed by atoms with Gasteiger partial charge in [0.15, 0.2) is 5.65 Å². The molecule has 0 saturated carbocycles. The van der Waals surface area contributed by atoms with Crippen molar-refractivity contribution in [1.29, 1.82) is 0 Å². The monoisotopic (exact) mass is 240 g/mol. The normalized spacial score (nSPS) is 10.7. The Balaban J connectivity index is 1.67. The molecule has 0 spiro atoms. The number of furan rings is 1. The van der Waals surface area contributed by atoms with Crippen LogP contribution in [0.5, 0.6) is 0 Å². The average Bonchev–Trinajstić information content (AvgIpc) is 2.92. The van der Waals surface area contributed by atoms with E-state index in [2.05, 4.69) is 20.3 Å². The standard InChI is InChI=1S/C13H12N4O/c1-2-10(18-9-1)5-6-15-12-4-3-11-13(17-12)16-8-7-14-11/h1-4,7-9H,5-6H2,(H,15,16,17).